The van der Waals surface area contributed by atoms with Crippen LogP contribution in [0.3, 0.4) is 0 Å². The van der Waals surface area contributed by atoms with E-state index in [1.807, 2.05) is 0 Å². The van der Waals surface area contributed by atoms with Crippen LogP contribution < -0.4 is 10.6 Å². The topological polar surface area (TPSA) is 67.4 Å². The average Bonchev–Trinajstić information content (AvgIpc) is 2.29. The summed E-state index contributed by atoms with van der Waals surface area (Å²) in [5, 5.41) is 5.74. The molecule has 1 fully saturated rings. The first kappa shape index (κ1) is 12.0. The Morgan fingerprint density at radius 3 is 2.73 bits per heavy atom. The number of hydrogen-bond donors (Lipinski definition) is 2. The molecule has 5 heteroatoms. The molecular weight excluding hydrogens is 196 g/mol. The van der Waals surface area contributed by atoms with E-state index in [1.165, 1.54) is 7.11 Å². The first-order chi connectivity index (χ1) is 7.15. The quantitative estimate of drug-likeness (QED) is 0.639. The molecule has 1 rings (SSSR count). The highest BCUT2D eigenvalue weighted by molar-refractivity contribution is 5.87. The van der Waals surface area contributed by atoms with E-state index in [9.17, 15) is 9.59 Å². The molecule has 0 unspecified atom stereocenters. The van der Waals surface area contributed by atoms with E-state index in [-0.39, 0.29) is 11.9 Å². The van der Waals surface area contributed by atoms with Gasteiger partial charge in [-0.15, -0.1) is 0 Å². The number of rotatable bonds is 3. The lowest BCUT2D eigenvalue weighted by Gasteiger charge is -2.23. The predicted octanol–water partition coefficient (Wildman–Crippen LogP) is -0.194. The number of methoxy groups -OCH3 is 1. The predicted molar refractivity (Wildman–Crippen MR) is 55.3 cm³/mol. The molecule has 2 atom stereocenters. The van der Waals surface area contributed by atoms with Crippen molar-refractivity contribution in [3.05, 3.63) is 0 Å². The Bertz CT molecular complexity index is 237. The zero-order valence-corrected chi connectivity index (χ0v) is 9.21. The number of hydrogen-bond acceptors (Lipinski definition) is 4. The maximum absolute atomic E-state index is 11.6. The summed E-state index contributed by atoms with van der Waals surface area (Å²) in [5.74, 6) is -0.535. The molecule has 86 valence electrons. The molecule has 1 heterocycles. The fraction of sp³-hybridized carbons (Fsp3) is 0.800. The van der Waals surface area contributed by atoms with Crippen LogP contribution in [0.1, 0.15) is 26.2 Å². The molecule has 2 N–H and O–H groups in total. The van der Waals surface area contributed by atoms with E-state index < -0.39 is 12.0 Å². The van der Waals surface area contributed by atoms with E-state index in [0.29, 0.717) is 0 Å². The Kier molecular flexibility index (Phi) is 4.55. The first-order valence-corrected chi connectivity index (χ1v) is 5.26. The van der Waals surface area contributed by atoms with Crippen molar-refractivity contribution in [3.63, 3.8) is 0 Å². The molecule has 0 saturated carbocycles. The Hall–Kier alpha value is -1.10. The molecular formula is C10H18N2O3. The molecule has 1 aliphatic rings. The lowest BCUT2D eigenvalue weighted by molar-refractivity contribution is -0.144. The SMILES string of the molecule is COC(=O)[C@H](C)NC(=O)[C@@H]1CCCCN1. The molecule has 0 radical (unpaired) electrons. The van der Waals surface area contributed by atoms with Crippen molar-refractivity contribution in [1.29, 1.82) is 0 Å². The molecule has 1 amide bonds. The summed E-state index contributed by atoms with van der Waals surface area (Å²) in [4.78, 5) is 22.7. The lowest BCUT2D eigenvalue weighted by atomic mass is 10.0. The third kappa shape index (κ3) is 3.51. The van der Waals surface area contributed by atoms with Gasteiger partial charge in [-0.1, -0.05) is 6.42 Å². The maximum atomic E-state index is 11.6. The van der Waals surface area contributed by atoms with Crippen LogP contribution in [0.25, 0.3) is 0 Å². The second-order valence-electron chi connectivity index (χ2n) is 3.76. The number of piperidine rings is 1. The highest BCUT2D eigenvalue weighted by Gasteiger charge is 2.23. The van der Waals surface area contributed by atoms with Gasteiger partial charge in [-0.25, -0.2) is 4.79 Å². The number of carbonyl (C=O) groups excluding carboxylic acids is 2. The lowest BCUT2D eigenvalue weighted by Crippen LogP contribution is -2.50. The zero-order valence-electron chi connectivity index (χ0n) is 9.21. The Morgan fingerprint density at radius 2 is 2.20 bits per heavy atom. The zero-order chi connectivity index (χ0) is 11.3. The highest BCUT2D eigenvalue weighted by atomic mass is 16.5. The average molecular weight is 214 g/mol. The standard InChI is InChI=1S/C10H18N2O3/c1-7(10(14)15-2)12-9(13)8-5-3-4-6-11-8/h7-8,11H,3-6H2,1-2H3,(H,12,13)/t7-,8-/m0/s1. The summed E-state index contributed by atoms with van der Waals surface area (Å²) in [6.07, 6.45) is 2.99. The van der Waals surface area contributed by atoms with Gasteiger partial charge in [0.05, 0.1) is 13.2 Å². The van der Waals surface area contributed by atoms with Gasteiger partial charge in [-0.3, -0.25) is 4.79 Å². The first-order valence-electron chi connectivity index (χ1n) is 5.26. The van der Waals surface area contributed by atoms with E-state index in [1.54, 1.807) is 6.92 Å². The molecule has 5 nitrogen and oxygen atoms in total. The van der Waals surface area contributed by atoms with E-state index in [2.05, 4.69) is 15.4 Å². The van der Waals surface area contributed by atoms with Crippen molar-refractivity contribution in [2.75, 3.05) is 13.7 Å². The summed E-state index contributed by atoms with van der Waals surface area (Å²) < 4.78 is 4.53. The molecule has 15 heavy (non-hydrogen) atoms. The number of carbonyl (C=O) groups is 2. The third-order valence-electron chi connectivity index (χ3n) is 2.54. The van der Waals surface area contributed by atoms with Gasteiger partial charge >= 0.3 is 5.97 Å². The maximum Gasteiger partial charge on any atom is 0.328 e. The highest BCUT2D eigenvalue weighted by Crippen LogP contribution is 2.07. The minimum atomic E-state index is -0.578. The fourth-order valence-corrected chi connectivity index (χ4v) is 1.63. The molecule has 0 aromatic carbocycles. The van der Waals surface area contributed by atoms with Gasteiger partial charge in [-0.05, 0) is 26.3 Å². The Balaban J connectivity index is 2.36. The van der Waals surface area contributed by atoms with Crippen molar-refractivity contribution in [1.82, 2.24) is 10.6 Å². The largest absolute Gasteiger partial charge is 0.467 e. The monoisotopic (exact) mass is 214 g/mol. The number of amides is 1. The molecule has 0 aliphatic carbocycles. The van der Waals surface area contributed by atoms with Gasteiger partial charge in [0, 0.05) is 0 Å². The second kappa shape index (κ2) is 5.70. The Morgan fingerprint density at radius 1 is 1.47 bits per heavy atom. The van der Waals surface area contributed by atoms with Crippen LogP contribution >= 0.6 is 0 Å². The van der Waals surface area contributed by atoms with Crippen molar-refractivity contribution >= 4 is 11.9 Å². The summed E-state index contributed by atoms with van der Waals surface area (Å²) in [5.41, 5.74) is 0. The minimum absolute atomic E-state index is 0.118. The molecule has 1 aliphatic heterocycles. The third-order valence-corrected chi connectivity index (χ3v) is 2.54. The molecule has 0 bridgehead atoms. The summed E-state index contributed by atoms with van der Waals surface area (Å²) in [7, 11) is 1.31. The van der Waals surface area contributed by atoms with Crippen LogP contribution in [0.2, 0.25) is 0 Å². The van der Waals surface area contributed by atoms with Gasteiger partial charge in [0.1, 0.15) is 6.04 Å². The molecule has 1 saturated heterocycles. The van der Waals surface area contributed by atoms with Crippen molar-refractivity contribution in [3.8, 4) is 0 Å². The van der Waals surface area contributed by atoms with Crippen molar-refractivity contribution < 1.29 is 14.3 Å². The molecule has 0 spiro atoms. The van der Waals surface area contributed by atoms with Gasteiger partial charge in [0.25, 0.3) is 0 Å². The van der Waals surface area contributed by atoms with Gasteiger partial charge < -0.3 is 15.4 Å². The van der Waals surface area contributed by atoms with Crippen LogP contribution in [-0.2, 0) is 14.3 Å². The van der Waals surface area contributed by atoms with Crippen LogP contribution in [0.4, 0.5) is 0 Å². The van der Waals surface area contributed by atoms with Crippen LogP contribution in [0.5, 0.6) is 0 Å². The molecule has 0 aromatic rings. The fourth-order valence-electron chi connectivity index (χ4n) is 1.63. The van der Waals surface area contributed by atoms with Crippen molar-refractivity contribution in [2.45, 2.75) is 38.3 Å². The molecule has 0 aromatic heterocycles. The normalized spacial score (nSPS) is 22.9. The van der Waals surface area contributed by atoms with E-state index in [0.717, 1.165) is 25.8 Å². The van der Waals surface area contributed by atoms with Crippen LogP contribution in [0.15, 0.2) is 0 Å². The minimum Gasteiger partial charge on any atom is -0.467 e. The van der Waals surface area contributed by atoms with Crippen molar-refractivity contribution in [2.24, 2.45) is 0 Å². The second-order valence-corrected chi connectivity index (χ2v) is 3.76. The van der Waals surface area contributed by atoms with Crippen LogP contribution in [0, 0.1) is 0 Å². The smallest absolute Gasteiger partial charge is 0.328 e. The summed E-state index contributed by atoms with van der Waals surface area (Å²) in [6.45, 7) is 2.48. The van der Waals surface area contributed by atoms with Gasteiger partial charge in [-0.2, -0.15) is 0 Å². The van der Waals surface area contributed by atoms with Crippen LogP contribution in [-0.4, -0.2) is 37.6 Å². The number of ether oxygens (including phenoxy) is 1. The van der Waals surface area contributed by atoms with Gasteiger partial charge in [0.2, 0.25) is 5.91 Å². The van der Waals surface area contributed by atoms with E-state index >= 15 is 0 Å². The Labute approximate surface area is 89.6 Å². The summed E-state index contributed by atoms with van der Waals surface area (Å²) >= 11 is 0. The van der Waals surface area contributed by atoms with E-state index in [4.69, 9.17) is 0 Å². The number of nitrogens with one attached hydrogen (secondary N) is 2. The number of esters is 1. The summed E-state index contributed by atoms with van der Waals surface area (Å²) in [6, 6.07) is -0.739. The van der Waals surface area contributed by atoms with Gasteiger partial charge in [0.15, 0.2) is 0 Å².